The van der Waals surface area contributed by atoms with E-state index in [4.69, 9.17) is 4.74 Å². The van der Waals surface area contributed by atoms with E-state index in [-0.39, 0.29) is 17.9 Å². The number of hydrogen-bond acceptors (Lipinski definition) is 8. The van der Waals surface area contributed by atoms with E-state index in [1.807, 2.05) is 47.9 Å². The third-order valence-corrected chi connectivity index (χ3v) is 6.46. The van der Waals surface area contributed by atoms with Crippen LogP contribution >= 0.6 is 0 Å². The van der Waals surface area contributed by atoms with Gasteiger partial charge in [-0.2, -0.15) is 0 Å². The molecule has 1 aliphatic carbocycles. The number of aromatic nitrogens is 7. The summed E-state index contributed by atoms with van der Waals surface area (Å²) in [6.07, 6.45) is 9.98. The van der Waals surface area contributed by atoms with E-state index in [0.29, 0.717) is 40.5 Å². The van der Waals surface area contributed by atoms with Crippen LogP contribution in [-0.2, 0) is 0 Å². The molecular weight excluding hydrogens is 468 g/mol. The van der Waals surface area contributed by atoms with Crippen molar-refractivity contribution in [1.82, 2.24) is 40.0 Å². The lowest BCUT2D eigenvalue weighted by molar-refractivity contribution is 0.0908. The minimum Gasteiger partial charge on any atom is -0.492 e. The van der Waals surface area contributed by atoms with Crippen molar-refractivity contribution in [3.8, 4) is 23.0 Å². The van der Waals surface area contributed by atoms with Gasteiger partial charge < -0.3 is 10.1 Å². The summed E-state index contributed by atoms with van der Waals surface area (Å²) in [4.78, 5) is 30.4. The van der Waals surface area contributed by atoms with E-state index in [1.165, 1.54) is 0 Å². The first-order valence-corrected chi connectivity index (χ1v) is 12.2. The average Bonchev–Trinajstić information content (AvgIpc) is 3.35. The van der Waals surface area contributed by atoms with Crippen LogP contribution in [0.2, 0.25) is 0 Å². The van der Waals surface area contributed by atoms with Crippen LogP contribution in [0.5, 0.6) is 5.75 Å². The van der Waals surface area contributed by atoms with Crippen molar-refractivity contribution in [1.29, 1.82) is 0 Å². The molecule has 0 radical (unpaired) electrons. The van der Waals surface area contributed by atoms with E-state index in [9.17, 15) is 4.79 Å². The number of carbonyl (C=O) groups excluding carboxylic acids is 1. The molecule has 0 aliphatic heterocycles. The summed E-state index contributed by atoms with van der Waals surface area (Å²) in [5.74, 6) is 2.17. The topological polar surface area (TPSA) is 121 Å². The molecule has 0 aromatic carbocycles. The molecule has 0 atom stereocenters. The van der Waals surface area contributed by atoms with E-state index < -0.39 is 0 Å². The van der Waals surface area contributed by atoms with Gasteiger partial charge in [-0.15, -0.1) is 10.2 Å². The van der Waals surface area contributed by atoms with Gasteiger partial charge >= 0.3 is 0 Å². The van der Waals surface area contributed by atoms with Crippen LogP contribution in [0.4, 0.5) is 0 Å². The van der Waals surface area contributed by atoms with E-state index >= 15 is 0 Å². The van der Waals surface area contributed by atoms with E-state index in [2.05, 4.69) is 35.5 Å². The summed E-state index contributed by atoms with van der Waals surface area (Å²) in [5.41, 5.74) is 3.42. The van der Waals surface area contributed by atoms with Crippen LogP contribution in [0.25, 0.3) is 28.2 Å². The van der Waals surface area contributed by atoms with E-state index in [1.54, 1.807) is 37.1 Å². The highest BCUT2D eigenvalue weighted by atomic mass is 16.5. The molecule has 0 unspecified atom stereocenters. The van der Waals surface area contributed by atoms with Crippen molar-refractivity contribution in [2.75, 3.05) is 6.61 Å². The van der Waals surface area contributed by atoms with Crippen molar-refractivity contribution < 1.29 is 9.53 Å². The van der Waals surface area contributed by atoms with Gasteiger partial charge in [-0.1, -0.05) is 0 Å². The number of carbonyl (C=O) groups is 1. The maximum Gasteiger partial charge on any atom is 0.253 e. The molecule has 5 aromatic heterocycles. The number of nitrogens with one attached hydrogen (secondary N) is 1. The standard InChI is InChI=1S/C27H24N8O2/c1-2-37-20-5-6-23(31-16-20)26-34-33-25(35(26)19-7-11-28-12-8-19)17-14-18(15-17)32-27(36)21-9-13-29-22-4-3-10-30-24(21)22/h3-13,16-18H,2,14-15H2,1H3,(H,32,36). The molecule has 184 valence electrons. The van der Waals surface area contributed by atoms with Gasteiger partial charge in [0.2, 0.25) is 0 Å². The summed E-state index contributed by atoms with van der Waals surface area (Å²) < 4.78 is 7.55. The number of ether oxygens (including phenoxy) is 1. The van der Waals surface area contributed by atoms with Crippen LogP contribution in [0.1, 0.15) is 41.9 Å². The molecule has 10 heteroatoms. The van der Waals surface area contributed by atoms with Gasteiger partial charge in [0, 0.05) is 36.7 Å². The number of nitrogens with zero attached hydrogens (tertiary/aromatic N) is 7. The van der Waals surface area contributed by atoms with Crippen LogP contribution in [0, 0.1) is 0 Å². The number of amides is 1. The lowest BCUT2D eigenvalue weighted by atomic mass is 9.79. The van der Waals surface area contributed by atoms with Gasteiger partial charge in [-0.05, 0) is 62.2 Å². The Kier molecular flexibility index (Phi) is 5.97. The SMILES string of the molecule is CCOc1ccc(-c2nnc(C3CC(NC(=O)c4ccnc5cccnc45)C3)n2-c2ccncc2)nc1. The molecule has 10 nitrogen and oxygen atoms in total. The number of fused-ring (bicyclic) bond motifs is 1. The fourth-order valence-corrected chi connectivity index (χ4v) is 4.61. The molecule has 5 heterocycles. The number of hydrogen-bond donors (Lipinski definition) is 1. The van der Waals surface area contributed by atoms with Gasteiger partial charge in [0.15, 0.2) is 5.82 Å². The summed E-state index contributed by atoms with van der Waals surface area (Å²) >= 11 is 0. The van der Waals surface area contributed by atoms with Crippen LogP contribution in [0.3, 0.4) is 0 Å². The summed E-state index contributed by atoms with van der Waals surface area (Å²) in [6, 6.07) is 13.0. The van der Waals surface area contributed by atoms with E-state index in [0.717, 1.165) is 24.4 Å². The normalized spacial score (nSPS) is 16.8. The molecule has 0 saturated heterocycles. The zero-order valence-electron chi connectivity index (χ0n) is 20.2. The smallest absolute Gasteiger partial charge is 0.253 e. The average molecular weight is 493 g/mol. The predicted molar refractivity (Wildman–Crippen MR) is 136 cm³/mol. The Balaban J connectivity index is 1.23. The Morgan fingerprint density at radius 2 is 1.86 bits per heavy atom. The number of rotatable bonds is 7. The van der Waals surface area contributed by atoms with Gasteiger partial charge in [0.1, 0.15) is 22.8 Å². The molecule has 0 bridgehead atoms. The van der Waals surface area contributed by atoms with Crippen molar-refractivity contribution in [3.63, 3.8) is 0 Å². The molecule has 5 aromatic rings. The molecule has 1 N–H and O–H groups in total. The molecular formula is C27H24N8O2. The quantitative estimate of drug-likeness (QED) is 0.365. The first kappa shape index (κ1) is 22.7. The second-order valence-electron chi connectivity index (χ2n) is 8.80. The van der Waals surface area contributed by atoms with Crippen molar-refractivity contribution >= 4 is 16.9 Å². The Bertz CT molecular complexity index is 1540. The monoisotopic (exact) mass is 492 g/mol. The van der Waals surface area contributed by atoms with Crippen molar-refractivity contribution in [2.45, 2.75) is 31.7 Å². The maximum absolute atomic E-state index is 13.0. The van der Waals surface area contributed by atoms with Crippen LogP contribution < -0.4 is 10.1 Å². The summed E-state index contributed by atoms with van der Waals surface area (Å²) in [5, 5.41) is 12.2. The highest BCUT2D eigenvalue weighted by Crippen LogP contribution is 2.38. The Morgan fingerprint density at radius 1 is 1.00 bits per heavy atom. The Labute approximate surface area is 212 Å². The molecule has 37 heavy (non-hydrogen) atoms. The van der Waals surface area contributed by atoms with Gasteiger partial charge in [0.05, 0.1) is 29.6 Å². The van der Waals surface area contributed by atoms with Crippen LogP contribution in [-0.4, -0.2) is 53.3 Å². The first-order valence-electron chi connectivity index (χ1n) is 12.2. The largest absolute Gasteiger partial charge is 0.492 e. The zero-order chi connectivity index (χ0) is 25.2. The number of pyridine rings is 4. The van der Waals surface area contributed by atoms with Crippen molar-refractivity contribution in [3.05, 3.63) is 84.8 Å². The van der Waals surface area contributed by atoms with Crippen molar-refractivity contribution in [2.24, 2.45) is 0 Å². The van der Waals surface area contributed by atoms with Gasteiger partial charge in [-0.25, -0.2) is 4.98 Å². The zero-order valence-corrected chi connectivity index (χ0v) is 20.2. The molecule has 1 fully saturated rings. The highest BCUT2D eigenvalue weighted by molar-refractivity contribution is 6.04. The second-order valence-corrected chi connectivity index (χ2v) is 8.80. The third-order valence-electron chi connectivity index (χ3n) is 6.46. The fourth-order valence-electron chi connectivity index (χ4n) is 4.61. The molecule has 1 aliphatic rings. The lowest BCUT2D eigenvalue weighted by Gasteiger charge is -2.35. The molecule has 0 spiro atoms. The third kappa shape index (κ3) is 4.37. The molecule has 1 saturated carbocycles. The summed E-state index contributed by atoms with van der Waals surface area (Å²) in [7, 11) is 0. The fraction of sp³-hybridized carbons (Fsp3) is 0.222. The van der Waals surface area contributed by atoms with Gasteiger partial charge in [0.25, 0.3) is 5.91 Å². The highest BCUT2D eigenvalue weighted by Gasteiger charge is 2.36. The van der Waals surface area contributed by atoms with Crippen LogP contribution in [0.15, 0.2) is 73.4 Å². The minimum absolute atomic E-state index is 0.0269. The molecule has 1 amide bonds. The maximum atomic E-state index is 13.0. The predicted octanol–water partition coefficient (Wildman–Crippen LogP) is 3.74. The Morgan fingerprint density at radius 3 is 2.65 bits per heavy atom. The summed E-state index contributed by atoms with van der Waals surface area (Å²) in [6.45, 7) is 2.51. The first-order chi connectivity index (χ1) is 18.2. The lowest BCUT2D eigenvalue weighted by Crippen LogP contribution is -2.44. The minimum atomic E-state index is -0.149. The van der Waals surface area contributed by atoms with Gasteiger partial charge in [-0.3, -0.25) is 24.3 Å². The molecule has 6 rings (SSSR count). The Hall–Kier alpha value is -4.73. The second kappa shape index (κ2) is 9.73.